The Labute approximate surface area is 111 Å². The van der Waals surface area contributed by atoms with Gasteiger partial charge >= 0.3 is 0 Å². The molecule has 106 valence electrons. The van der Waals surface area contributed by atoms with Crippen LogP contribution in [0, 0.1) is 11.6 Å². The van der Waals surface area contributed by atoms with Crippen LogP contribution >= 0.6 is 0 Å². The first-order valence-corrected chi connectivity index (χ1v) is 7.58. The molecule has 2 rings (SSSR count). The predicted octanol–water partition coefficient (Wildman–Crippen LogP) is 2.11. The molecule has 0 aliphatic carbocycles. The first kappa shape index (κ1) is 14.2. The summed E-state index contributed by atoms with van der Waals surface area (Å²) in [6.07, 6.45) is 2.04. The van der Waals surface area contributed by atoms with Gasteiger partial charge in [-0.25, -0.2) is 17.2 Å². The van der Waals surface area contributed by atoms with Gasteiger partial charge in [-0.3, -0.25) is 0 Å². The fourth-order valence-electron chi connectivity index (χ4n) is 2.48. The summed E-state index contributed by atoms with van der Waals surface area (Å²) in [5.74, 6) is -2.28. The first-order chi connectivity index (χ1) is 8.87. The maximum atomic E-state index is 13.8. The maximum Gasteiger partial charge on any atom is 0.249 e. The van der Waals surface area contributed by atoms with Crippen LogP contribution in [0.2, 0.25) is 0 Å². The van der Waals surface area contributed by atoms with Crippen LogP contribution in [0.15, 0.2) is 17.0 Å². The van der Waals surface area contributed by atoms with Crippen LogP contribution in [0.3, 0.4) is 0 Å². The minimum Gasteiger partial charge on any atom is -0.399 e. The van der Waals surface area contributed by atoms with E-state index in [2.05, 4.69) is 0 Å². The molecule has 1 aromatic carbocycles. The first-order valence-electron chi connectivity index (χ1n) is 6.14. The Bertz CT molecular complexity index is 566. The molecule has 1 aliphatic heterocycles. The Morgan fingerprint density at radius 2 is 1.95 bits per heavy atom. The summed E-state index contributed by atoms with van der Waals surface area (Å²) in [7, 11) is -4.15. The molecule has 2 N–H and O–H groups in total. The largest absolute Gasteiger partial charge is 0.399 e. The highest BCUT2D eigenvalue weighted by molar-refractivity contribution is 7.89. The summed E-state index contributed by atoms with van der Waals surface area (Å²) in [6.45, 7) is 2.15. The van der Waals surface area contributed by atoms with E-state index in [0.29, 0.717) is 25.8 Å². The van der Waals surface area contributed by atoms with Crippen LogP contribution < -0.4 is 5.73 Å². The molecule has 0 amide bonds. The Hall–Kier alpha value is -1.21. The zero-order valence-corrected chi connectivity index (χ0v) is 11.4. The molecule has 0 saturated carbocycles. The van der Waals surface area contributed by atoms with E-state index in [-0.39, 0.29) is 11.7 Å². The molecule has 0 bridgehead atoms. The third-order valence-corrected chi connectivity index (χ3v) is 5.39. The SMILES string of the molecule is CCC1CCCN1S(=O)(=O)c1c(F)cc(N)cc1F. The van der Waals surface area contributed by atoms with Crippen molar-refractivity contribution in [3.63, 3.8) is 0 Å². The molecule has 0 aromatic heterocycles. The summed E-state index contributed by atoms with van der Waals surface area (Å²) >= 11 is 0. The molecule has 1 aromatic rings. The van der Waals surface area contributed by atoms with Gasteiger partial charge in [0, 0.05) is 18.3 Å². The summed E-state index contributed by atoms with van der Waals surface area (Å²) in [4.78, 5) is -0.901. The number of nitrogens with two attached hydrogens (primary N) is 1. The summed E-state index contributed by atoms with van der Waals surface area (Å²) < 4.78 is 53.4. The van der Waals surface area contributed by atoms with Crippen LogP contribution in [0.25, 0.3) is 0 Å². The number of anilines is 1. The number of hydrogen-bond donors (Lipinski definition) is 1. The van der Waals surface area contributed by atoms with E-state index in [1.807, 2.05) is 6.92 Å². The van der Waals surface area contributed by atoms with Crippen molar-refractivity contribution in [2.24, 2.45) is 0 Å². The summed E-state index contributed by atoms with van der Waals surface area (Å²) in [5.41, 5.74) is 5.15. The Morgan fingerprint density at radius 1 is 1.37 bits per heavy atom. The van der Waals surface area contributed by atoms with Gasteiger partial charge in [-0.15, -0.1) is 0 Å². The Kier molecular flexibility index (Phi) is 3.78. The van der Waals surface area contributed by atoms with Crippen molar-refractivity contribution in [3.8, 4) is 0 Å². The van der Waals surface area contributed by atoms with Gasteiger partial charge < -0.3 is 5.73 Å². The number of nitrogens with zero attached hydrogens (tertiary/aromatic N) is 1. The second-order valence-corrected chi connectivity index (χ2v) is 6.46. The van der Waals surface area contributed by atoms with E-state index < -0.39 is 26.6 Å². The van der Waals surface area contributed by atoms with E-state index in [9.17, 15) is 17.2 Å². The molecule has 1 unspecified atom stereocenters. The van der Waals surface area contributed by atoms with E-state index in [0.717, 1.165) is 12.1 Å². The minimum absolute atomic E-state index is 0.137. The predicted molar refractivity (Wildman–Crippen MR) is 68.0 cm³/mol. The Morgan fingerprint density at radius 3 is 2.47 bits per heavy atom. The molecule has 1 atom stereocenters. The van der Waals surface area contributed by atoms with Crippen molar-refractivity contribution in [3.05, 3.63) is 23.8 Å². The lowest BCUT2D eigenvalue weighted by Crippen LogP contribution is -2.36. The van der Waals surface area contributed by atoms with E-state index in [1.54, 1.807) is 0 Å². The lowest BCUT2D eigenvalue weighted by atomic mass is 10.2. The molecule has 1 heterocycles. The number of rotatable bonds is 3. The van der Waals surface area contributed by atoms with Crippen molar-refractivity contribution < 1.29 is 17.2 Å². The topological polar surface area (TPSA) is 63.4 Å². The normalized spacial score (nSPS) is 20.9. The third kappa shape index (κ3) is 2.44. The van der Waals surface area contributed by atoms with E-state index in [4.69, 9.17) is 5.73 Å². The average Bonchev–Trinajstić information content (AvgIpc) is 2.75. The lowest BCUT2D eigenvalue weighted by molar-refractivity contribution is 0.373. The molecule has 4 nitrogen and oxygen atoms in total. The van der Waals surface area contributed by atoms with Crippen molar-refractivity contribution in [2.45, 2.75) is 37.1 Å². The summed E-state index contributed by atoms with van der Waals surface area (Å²) in [5, 5.41) is 0. The zero-order chi connectivity index (χ0) is 14.2. The van der Waals surface area contributed by atoms with Gasteiger partial charge in [-0.1, -0.05) is 6.92 Å². The molecule has 19 heavy (non-hydrogen) atoms. The van der Waals surface area contributed by atoms with E-state index >= 15 is 0 Å². The highest BCUT2D eigenvalue weighted by atomic mass is 32.2. The van der Waals surface area contributed by atoms with Gasteiger partial charge in [0.15, 0.2) is 4.90 Å². The molecule has 7 heteroatoms. The van der Waals surface area contributed by atoms with Gasteiger partial charge in [-0.2, -0.15) is 4.31 Å². The van der Waals surface area contributed by atoms with Crippen LogP contribution in [-0.2, 0) is 10.0 Å². The molecule has 1 aliphatic rings. The number of halogens is 2. The number of sulfonamides is 1. The number of hydrogen-bond acceptors (Lipinski definition) is 3. The molecule has 1 saturated heterocycles. The quantitative estimate of drug-likeness (QED) is 0.867. The molecule has 0 radical (unpaired) electrons. The fraction of sp³-hybridized carbons (Fsp3) is 0.500. The fourth-order valence-corrected chi connectivity index (χ4v) is 4.34. The summed E-state index contributed by atoms with van der Waals surface area (Å²) in [6, 6.07) is 1.46. The number of nitrogen functional groups attached to an aromatic ring is 1. The van der Waals surface area contributed by atoms with Gasteiger partial charge in [-0.05, 0) is 31.4 Å². The van der Waals surface area contributed by atoms with Crippen LogP contribution in [0.5, 0.6) is 0 Å². The molecular formula is C12H16F2N2O2S. The van der Waals surface area contributed by atoms with Gasteiger partial charge in [0.1, 0.15) is 11.6 Å². The number of benzene rings is 1. The van der Waals surface area contributed by atoms with Crippen molar-refractivity contribution in [1.29, 1.82) is 0 Å². The molecule has 1 fully saturated rings. The standard InChI is InChI=1S/C12H16F2N2O2S/c1-2-9-4-3-5-16(9)19(17,18)12-10(13)6-8(15)7-11(12)14/h6-7,9H,2-5,15H2,1H3. The van der Waals surface area contributed by atoms with Gasteiger partial charge in [0.25, 0.3) is 0 Å². The third-order valence-electron chi connectivity index (χ3n) is 3.38. The monoisotopic (exact) mass is 290 g/mol. The van der Waals surface area contributed by atoms with Crippen LogP contribution in [0.1, 0.15) is 26.2 Å². The van der Waals surface area contributed by atoms with Crippen molar-refractivity contribution in [1.82, 2.24) is 4.31 Å². The smallest absolute Gasteiger partial charge is 0.249 e. The van der Waals surface area contributed by atoms with Crippen molar-refractivity contribution in [2.75, 3.05) is 12.3 Å². The van der Waals surface area contributed by atoms with Crippen LogP contribution in [0.4, 0.5) is 14.5 Å². The molecule has 0 spiro atoms. The second kappa shape index (κ2) is 5.05. The second-order valence-electron chi connectivity index (χ2n) is 4.63. The molecular weight excluding hydrogens is 274 g/mol. The average molecular weight is 290 g/mol. The minimum atomic E-state index is -4.15. The Balaban J connectivity index is 2.51. The van der Waals surface area contributed by atoms with Gasteiger partial charge in [0.05, 0.1) is 0 Å². The lowest BCUT2D eigenvalue weighted by Gasteiger charge is -2.23. The van der Waals surface area contributed by atoms with Crippen molar-refractivity contribution >= 4 is 15.7 Å². The highest BCUT2D eigenvalue weighted by Gasteiger charge is 2.37. The zero-order valence-electron chi connectivity index (χ0n) is 10.6. The van der Waals surface area contributed by atoms with Crippen LogP contribution in [-0.4, -0.2) is 25.3 Å². The van der Waals surface area contributed by atoms with Gasteiger partial charge in [0.2, 0.25) is 10.0 Å². The highest BCUT2D eigenvalue weighted by Crippen LogP contribution is 2.31. The van der Waals surface area contributed by atoms with E-state index in [1.165, 1.54) is 4.31 Å². The maximum absolute atomic E-state index is 13.8.